The topological polar surface area (TPSA) is 50.4 Å². The number of aryl methyl sites for hydroxylation is 2. The summed E-state index contributed by atoms with van der Waals surface area (Å²) in [6.45, 7) is 10.5. The van der Waals surface area contributed by atoms with Crippen LogP contribution >= 0.6 is 34.8 Å². The molecule has 4 atom stereocenters. The molecule has 0 saturated heterocycles. The van der Waals surface area contributed by atoms with Crippen LogP contribution in [0.5, 0.6) is 0 Å². The van der Waals surface area contributed by atoms with Crippen LogP contribution in [0.15, 0.2) is 18.2 Å². The van der Waals surface area contributed by atoms with E-state index in [0.29, 0.717) is 17.8 Å². The predicted octanol–water partition coefficient (Wildman–Crippen LogP) is 6.60. The molecule has 0 bridgehead atoms. The van der Waals surface area contributed by atoms with Crippen molar-refractivity contribution in [2.45, 2.75) is 69.9 Å². The number of hydrogen-bond donors (Lipinski definition) is 2. The van der Waals surface area contributed by atoms with Gasteiger partial charge in [-0.2, -0.15) is 0 Å². The van der Waals surface area contributed by atoms with Crippen LogP contribution in [0.2, 0.25) is 0 Å². The van der Waals surface area contributed by atoms with E-state index in [-0.39, 0.29) is 6.10 Å². The van der Waals surface area contributed by atoms with Crippen LogP contribution in [0.3, 0.4) is 0 Å². The van der Waals surface area contributed by atoms with Crippen molar-refractivity contribution >= 4 is 46.6 Å². The number of rotatable bonds is 5. The van der Waals surface area contributed by atoms with Gasteiger partial charge in [-0.25, -0.2) is 4.79 Å². The fraction of sp³-hybridized carbons (Fsp3) is 0.667. The molecule has 1 aromatic carbocycles. The van der Waals surface area contributed by atoms with Gasteiger partial charge < -0.3 is 10.1 Å². The number of alkyl carbamates (subject to hydrolysis) is 1. The van der Waals surface area contributed by atoms with Crippen LogP contribution < -0.4 is 10.6 Å². The summed E-state index contributed by atoms with van der Waals surface area (Å²) in [5, 5.41) is 5.82. The van der Waals surface area contributed by atoms with Gasteiger partial charge in [-0.05, 0) is 56.1 Å². The average Bonchev–Trinajstić information content (AvgIpc) is 2.55. The third-order valence-corrected chi connectivity index (χ3v) is 6.15. The van der Waals surface area contributed by atoms with Gasteiger partial charge in [0.25, 0.3) is 0 Å². The molecule has 1 amide bonds. The lowest BCUT2D eigenvalue weighted by Crippen LogP contribution is -2.50. The minimum Gasteiger partial charge on any atom is -0.446 e. The molecule has 7 heteroatoms. The fourth-order valence-corrected chi connectivity index (χ4v) is 4.20. The van der Waals surface area contributed by atoms with Crippen LogP contribution in [0.4, 0.5) is 10.5 Å². The average molecular weight is 450 g/mol. The Morgan fingerprint density at radius 3 is 2.46 bits per heavy atom. The Balaban J connectivity index is 2.08. The van der Waals surface area contributed by atoms with Gasteiger partial charge in [0.15, 0.2) is 0 Å². The third kappa shape index (κ3) is 6.60. The summed E-state index contributed by atoms with van der Waals surface area (Å²) in [5.41, 5.74) is 2.91. The molecule has 2 N–H and O–H groups in total. The Hall–Kier alpha value is -0.840. The number of amides is 1. The van der Waals surface area contributed by atoms with Crippen molar-refractivity contribution in [1.82, 2.24) is 5.32 Å². The molecular formula is C21H31Cl3N2O2. The molecule has 0 aliphatic heterocycles. The zero-order valence-corrected chi connectivity index (χ0v) is 19.5. The summed E-state index contributed by atoms with van der Waals surface area (Å²) in [6.07, 6.45) is 1.46. The molecule has 2 rings (SSSR count). The molecule has 1 fully saturated rings. The van der Waals surface area contributed by atoms with E-state index in [1.165, 1.54) is 0 Å². The molecule has 0 heterocycles. The summed E-state index contributed by atoms with van der Waals surface area (Å²) < 4.78 is 4.04. The Kier molecular flexibility index (Phi) is 8.18. The number of carbonyl (C=O) groups is 1. The lowest BCUT2D eigenvalue weighted by Gasteiger charge is -2.37. The Bertz CT molecular complexity index is 676. The van der Waals surface area contributed by atoms with Crippen molar-refractivity contribution in [3.05, 3.63) is 29.3 Å². The molecule has 1 aromatic rings. The highest BCUT2D eigenvalue weighted by Gasteiger charge is 2.37. The van der Waals surface area contributed by atoms with Crippen molar-refractivity contribution < 1.29 is 9.53 Å². The first-order valence-corrected chi connectivity index (χ1v) is 11.0. The summed E-state index contributed by atoms with van der Waals surface area (Å²) in [7, 11) is 0. The van der Waals surface area contributed by atoms with Gasteiger partial charge in [-0.1, -0.05) is 79.7 Å². The highest BCUT2D eigenvalue weighted by Crippen LogP contribution is 2.36. The van der Waals surface area contributed by atoms with Gasteiger partial charge in [-0.3, -0.25) is 5.32 Å². The van der Waals surface area contributed by atoms with Crippen LogP contribution in [-0.2, 0) is 4.74 Å². The number of alkyl halides is 3. The smallest absolute Gasteiger partial charge is 0.409 e. The largest absolute Gasteiger partial charge is 0.446 e. The number of benzene rings is 1. The molecular weight excluding hydrogens is 419 g/mol. The van der Waals surface area contributed by atoms with E-state index >= 15 is 0 Å². The highest BCUT2D eigenvalue weighted by molar-refractivity contribution is 6.68. The van der Waals surface area contributed by atoms with Gasteiger partial charge in [0.2, 0.25) is 3.79 Å². The van der Waals surface area contributed by atoms with Gasteiger partial charge in [0.1, 0.15) is 12.3 Å². The Morgan fingerprint density at radius 2 is 1.89 bits per heavy atom. The maximum Gasteiger partial charge on any atom is 0.409 e. The Morgan fingerprint density at radius 1 is 1.21 bits per heavy atom. The van der Waals surface area contributed by atoms with Crippen LogP contribution in [0.1, 0.15) is 51.2 Å². The van der Waals surface area contributed by atoms with E-state index in [9.17, 15) is 4.79 Å². The van der Waals surface area contributed by atoms with E-state index < -0.39 is 16.1 Å². The normalized spacial score (nSPS) is 24.0. The standard InChI is InChI=1S/C21H31Cl3N2O2/c1-12(2)16-8-6-14(4)11-18(16)28-20(27)26-19(21(22,23)24)25-17-9-7-13(3)10-15(17)5/h7,9-10,12,14,16,18-19,25H,6,8,11H2,1-5H3,(H,26,27)/t14-,16-,18-,19+/m1/s1. The van der Waals surface area contributed by atoms with E-state index in [4.69, 9.17) is 39.5 Å². The molecule has 158 valence electrons. The Labute approximate surface area is 183 Å². The first-order valence-electron chi connectivity index (χ1n) is 9.85. The third-order valence-electron chi connectivity index (χ3n) is 5.49. The van der Waals surface area contributed by atoms with Gasteiger partial charge in [-0.15, -0.1) is 0 Å². The zero-order chi connectivity index (χ0) is 21.1. The van der Waals surface area contributed by atoms with Crippen molar-refractivity contribution in [3.8, 4) is 0 Å². The molecule has 28 heavy (non-hydrogen) atoms. The first-order chi connectivity index (χ1) is 13.0. The SMILES string of the molecule is Cc1ccc(N[C@@H](NC(=O)O[C@@H]2C[C@H](C)CC[C@@H]2C(C)C)C(Cl)(Cl)Cl)c(C)c1. The monoisotopic (exact) mass is 448 g/mol. The molecule has 0 unspecified atom stereocenters. The van der Waals surface area contributed by atoms with Crippen LogP contribution in [0.25, 0.3) is 0 Å². The maximum atomic E-state index is 12.6. The van der Waals surface area contributed by atoms with E-state index in [1.807, 2.05) is 32.0 Å². The molecule has 0 radical (unpaired) electrons. The number of halogens is 3. The lowest BCUT2D eigenvalue weighted by molar-refractivity contribution is 0.00534. The second kappa shape index (κ2) is 9.77. The lowest BCUT2D eigenvalue weighted by atomic mass is 9.75. The summed E-state index contributed by atoms with van der Waals surface area (Å²) in [6, 6.07) is 5.88. The van der Waals surface area contributed by atoms with Gasteiger partial charge in [0, 0.05) is 5.69 Å². The van der Waals surface area contributed by atoms with Gasteiger partial charge in [0.05, 0.1) is 0 Å². The molecule has 0 spiro atoms. The minimum atomic E-state index is -1.74. The number of carbonyl (C=O) groups excluding carboxylic acids is 1. The van der Waals surface area contributed by atoms with Crippen LogP contribution in [0, 0.1) is 31.6 Å². The summed E-state index contributed by atoms with van der Waals surface area (Å²) in [5.74, 6) is 1.33. The predicted molar refractivity (Wildman–Crippen MR) is 118 cm³/mol. The molecule has 4 nitrogen and oxygen atoms in total. The van der Waals surface area contributed by atoms with Crippen LogP contribution in [-0.4, -0.2) is 22.2 Å². The second-order valence-electron chi connectivity index (χ2n) is 8.35. The molecule has 1 aliphatic rings. The maximum absolute atomic E-state index is 12.6. The number of nitrogens with one attached hydrogen (secondary N) is 2. The van der Waals surface area contributed by atoms with Crippen molar-refractivity contribution in [2.24, 2.45) is 17.8 Å². The summed E-state index contributed by atoms with van der Waals surface area (Å²) in [4.78, 5) is 12.6. The zero-order valence-electron chi connectivity index (χ0n) is 17.2. The van der Waals surface area contributed by atoms with E-state index in [2.05, 4.69) is 31.4 Å². The minimum absolute atomic E-state index is 0.124. The number of hydrogen-bond acceptors (Lipinski definition) is 3. The highest BCUT2D eigenvalue weighted by atomic mass is 35.6. The van der Waals surface area contributed by atoms with E-state index in [1.54, 1.807) is 0 Å². The molecule has 0 aromatic heterocycles. The second-order valence-corrected chi connectivity index (χ2v) is 10.7. The molecule has 1 saturated carbocycles. The molecule has 1 aliphatic carbocycles. The van der Waals surface area contributed by atoms with E-state index in [0.717, 1.165) is 36.1 Å². The van der Waals surface area contributed by atoms with Crippen molar-refractivity contribution in [3.63, 3.8) is 0 Å². The quantitative estimate of drug-likeness (QED) is 0.393. The van der Waals surface area contributed by atoms with Crippen molar-refractivity contribution in [1.29, 1.82) is 0 Å². The number of anilines is 1. The summed E-state index contributed by atoms with van der Waals surface area (Å²) >= 11 is 18.4. The van der Waals surface area contributed by atoms with Crippen molar-refractivity contribution in [2.75, 3.05) is 5.32 Å². The first kappa shape index (κ1) is 23.4. The van der Waals surface area contributed by atoms with Gasteiger partial charge >= 0.3 is 6.09 Å². The number of ether oxygens (including phenoxy) is 1. The fourth-order valence-electron chi connectivity index (χ4n) is 3.87.